The van der Waals surface area contributed by atoms with E-state index in [1.165, 1.54) is 16.8 Å². The van der Waals surface area contributed by atoms with Crippen molar-refractivity contribution in [2.24, 2.45) is 0 Å². The third-order valence-corrected chi connectivity index (χ3v) is 4.02. The van der Waals surface area contributed by atoms with E-state index in [9.17, 15) is 23.1 Å². The van der Waals surface area contributed by atoms with Gasteiger partial charge < -0.3 is 5.11 Å². The highest BCUT2D eigenvalue weighted by Gasteiger charge is 2.31. The molecule has 4 nitrogen and oxygen atoms in total. The number of hydrogen-bond acceptors (Lipinski definition) is 2. The summed E-state index contributed by atoms with van der Waals surface area (Å²) in [6.45, 7) is 1.80. The van der Waals surface area contributed by atoms with Crippen LogP contribution >= 0.6 is 0 Å². The fourth-order valence-corrected chi connectivity index (χ4v) is 2.81. The molecule has 7 heteroatoms. The second-order valence-corrected chi connectivity index (χ2v) is 5.65. The molecule has 0 aliphatic carbocycles. The number of carbonyl (C=O) groups is 1. The number of carboxylic acid groups (broad SMARTS) is 1. The predicted octanol–water partition coefficient (Wildman–Crippen LogP) is 4.82. The van der Waals surface area contributed by atoms with E-state index in [0.29, 0.717) is 23.4 Å². The van der Waals surface area contributed by atoms with Crippen LogP contribution in [-0.4, -0.2) is 20.9 Å². The van der Waals surface area contributed by atoms with Crippen LogP contribution in [0.25, 0.3) is 16.9 Å². The summed E-state index contributed by atoms with van der Waals surface area (Å²) in [5.74, 6) is -1.17. The Bertz CT molecular complexity index is 930. The van der Waals surface area contributed by atoms with E-state index >= 15 is 0 Å². The number of hydrogen-bond donors (Lipinski definition) is 1. The highest BCUT2D eigenvalue weighted by atomic mass is 19.4. The molecule has 0 amide bonds. The first-order valence-corrected chi connectivity index (χ1v) is 7.91. The molecule has 3 rings (SSSR count). The minimum absolute atomic E-state index is 0.00360. The summed E-state index contributed by atoms with van der Waals surface area (Å²) in [6.07, 6.45) is -4.05. The third-order valence-electron chi connectivity index (χ3n) is 4.02. The number of aromatic nitrogens is 2. The van der Waals surface area contributed by atoms with E-state index in [2.05, 4.69) is 5.10 Å². The highest BCUT2D eigenvalue weighted by Crippen LogP contribution is 2.33. The van der Waals surface area contributed by atoms with Gasteiger partial charge in [0.1, 0.15) is 11.3 Å². The van der Waals surface area contributed by atoms with Crippen molar-refractivity contribution in [1.82, 2.24) is 9.78 Å². The van der Waals surface area contributed by atoms with Gasteiger partial charge in [0.05, 0.1) is 16.9 Å². The molecule has 0 unspecified atom stereocenters. The van der Waals surface area contributed by atoms with E-state index in [-0.39, 0.29) is 11.3 Å². The van der Waals surface area contributed by atoms with Crippen molar-refractivity contribution in [2.45, 2.75) is 19.5 Å². The molecule has 0 aliphatic heterocycles. The highest BCUT2D eigenvalue weighted by molar-refractivity contribution is 5.96. The zero-order valence-electron chi connectivity index (χ0n) is 13.8. The van der Waals surface area contributed by atoms with Crippen LogP contribution in [0.4, 0.5) is 13.2 Å². The molecule has 134 valence electrons. The van der Waals surface area contributed by atoms with Gasteiger partial charge in [0.2, 0.25) is 0 Å². The fourth-order valence-electron chi connectivity index (χ4n) is 2.81. The van der Waals surface area contributed by atoms with Crippen LogP contribution in [-0.2, 0) is 12.6 Å². The van der Waals surface area contributed by atoms with Crippen LogP contribution in [0.5, 0.6) is 0 Å². The smallest absolute Gasteiger partial charge is 0.416 e. The van der Waals surface area contributed by atoms with Crippen LogP contribution in [0, 0.1) is 0 Å². The van der Waals surface area contributed by atoms with Gasteiger partial charge in [-0.3, -0.25) is 0 Å². The Morgan fingerprint density at radius 1 is 1.08 bits per heavy atom. The Hall–Kier alpha value is -3.09. The fraction of sp³-hybridized carbons (Fsp3) is 0.158. The SMILES string of the molecule is CCc1c(C(=O)O)c(-c2ccc(C(F)(F)F)cc2)nn1-c1ccccc1. The summed E-state index contributed by atoms with van der Waals surface area (Å²) in [5.41, 5.74) is 0.836. The minimum atomic E-state index is -4.45. The molecule has 0 saturated heterocycles. The van der Waals surface area contributed by atoms with Crippen molar-refractivity contribution >= 4 is 5.97 Å². The Balaban J connectivity index is 2.18. The number of carboxylic acids is 1. The van der Waals surface area contributed by atoms with Crippen LogP contribution < -0.4 is 0 Å². The van der Waals surface area contributed by atoms with Crippen molar-refractivity contribution in [2.75, 3.05) is 0 Å². The summed E-state index contributed by atoms with van der Waals surface area (Å²) < 4.78 is 39.8. The molecule has 0 spiro atoms. The molecule has 26 heavy (non-hydrogen) atoms. The quantitative estimate of drug-likeness (QED) is 0.726. The van der Waals surface area contributed by atoms with Gasteiger partial charge in [0.15, 0.2) is 0 Å². The van der Waals surface area contributed by atoms with E-state index in [1.54, 1.807) is 31.2 Å². The standard InChI is InChI=1S/C19H15F3N2O2/c1-2-15-16(18(25)26)17(23-24(15)14-6-4-3-5-7-14)12-8-10-13(11-9-12)19(20,21)22/h3-11H,2H2,1H3,(H,25,26). The van der Waals surface area contributed by atoms with Crippen LogP contribution in [0.15, 0.2) is 54.6 Å². The van der Waals surface area contributed by atoms with Crippen LogP contribution in [0.2, 0.25) is 0 Å². The molecule has 0 radical (unpaired) electrons. The van der Waals surface area contributed by atoms with Gasteiger partial charge in [0, 0.05) is 5.56 Å². The van der Waals surface area contributed by atoms with Gasteiger partial charge in [-0.25, -0.2) is 9.48 Å². The molecule has 3 aromatic rings. The number of para-hydroxylation sites is 1. The molecule has 1 aromatic heterocycles. The largest absolute Gasteiger partial charge is 0.478 e. The Morgan fingerprint density at radius 3 is 2.19 bits per heavy atom. The lowest BCUT2D eigenvalue weighted by Gasteiger charge is -2.07. The second-order valence-electron chi connectivity index (χ2n) is 5.65. The monoisotopic (exact) mass is 360 g/mol. The molecular formula is C19H15F3N2O2. The zero-order valence-corrected chi connectivity index (χ0v) is 13.8. The Morgan fingerprint density at radius 2 is 1.69 bits per heavy atom. The summed E-state index contributed by atoms with van der Waals surface area (Å²) in [6, 6.07) is 13.3. The van der Waals surface area contributed by atoms with Gasteiger partial charge in [-0.2, -0.15) is 18.3 Å². The maximum Gasteiger partial charge on any atom is 0.416 e. The molecule has 0 atom stereocenters. The molecule has 0 aliphatic rings. The average Bonchev–Trinajstić information content (AvgIpc) is 3.01. The number of aromatic carboxylic acids is 1. The number of nitrogens with zero attached hydrogens (tertiary/aromatic N) is 2. The molecule has 1 N–H and O–H groups in total. The number of benzene rings is 2. The molecule has 2 aromatic carbocycles. The van der Waals surface area contributed by atoms with E-state index in [1.807, 2.05) is 6.07 Å². The first-order valence-electron chi connectivity index (χ1n) is 7.91. The van der Waals surface area contributed by atoms with Crippen LogP contribution in [0.1, 0.15) is 28.5 Å². The molecule has 0 fully saturated rings. The molecule has 1 heterocycles. The van der Waals surface area contributed by atoms with E-state index < -0.39 is 17.7 Å². The Kier molecular flexibility index (Phi) is 4.54. The van der Waals surface area contributed by atoms with Crippen molar-refractivity contribution in [3.8, 4) is 16.9 Å². The predicted molar refractivity (Wildman–Crippen MR) is 90.3 cm³/mol. The second kappa shape index (κ2) is 6.67. The first-order chi connectivity index (χ1) is 12.3. The van der Waals surface area contributed by atoms with Crippen molar-refractivity contribution in [3.05, 3.63) is 71.4 Å². The topological polar surface area (TPSA) is 55.1 Å². The van der Waals surface area contributed by atoms with Gasteiger partial charge in [-0.1, -0.05) is 37.3 Å². The van der Waals surface area contributed by atoms with E-state index in [4.69, 9.17) is 0 Å². The summed E-state index contributed by atoms with van der Waals surface area (Å²) in [7, 11) is 0. The van der Waals surface area contributed by atoms with Gasteiger partial charge in [0.25, 0.3) is 0 Å². The lowest BCUT2D eigenvalue weighted by Crippen LogP contribution is -2.05. The van der Waals surface area contributed by atoms with Crippen molar-refractivity contribution < 1.29 is 23.1 Å². The van der Waals surface area contributed by atoms with Gasteiger partial charge in [-0.15, -0.1) is 0 Å². The Labute approximate surface area is 147 Å². The minimum Gasteiger partial charge on any atom is -0.478 e. The number of alkyl halides is 3. The normalized spacial score (nSPS) is 11.5. The van der Waals surface area contributed by atoms with Crippen molar-refractivity contribution in [1.29, 1.82) is 0 Å². The summed E-state index contributed by atoms with van der Waals surface area (Å²) >= 11 is 0. The maximum absolute atomic E-state index is 12.8. The molecule has 0 saturated carbocycles. The molecule has 0 bridgehead atoms. The first kappa shape index (κ1) is 17.7. The summed E-state index contributed by atoms with van der Waals surface area (Å²) in [4.78, 5) is 11.8. The third kappa shape index (κ3) is 3.20. The average molecular weight is 360 g/mol. The zero-order chi connectivity index (χ0) is 18.9. The molecular weight excluding hydrogens is 345 g/mol. The lowest BCUT2D eigenvalue weighted by atomic mass is 10.0. The van der Waals surface area contributed by atoms with Crippen molar-refractivity contribution in [3.63, 3.8) is 0 Å². The van der Waals surface area contributed by atoms with Gasteiger partial charge in [-0.05, 0) is 30.7 Å². The lowest BCUT2D eigenvalue weighted by molar-refractivity contribution is -0.137. The van der Waals surface area contributed by atoms with E-state index in [0.717, 1.165) is 12.1 Å². The van der Waals surface area contributed by atoms with Crippen LogP contribution in [0.3, 0.4) is 0 Å². The maximum atomic E-state index is 12.8. The number of halogens is 3. The summed E-state index contributed by atoms with van der Waals surface area (Å²) in [5, 5.41) is 14.0. The number of rotatable bonds is 4. The van der Waals surface area contributed by atoms with Gasteiger partial charge >= 0.3 is 12.1 Å².